The SMILES string of the molecule is CCCC(C)C(O)c1cccc(C(F)F)c1. The van der Waals surface area contributed by atoms with Gasteiger partial charge in [-0.1, -0.05) is 38.5 Å². The molecule has 16 heavy (non-hydrogen) atoms. The van der Waals surface area contributed by atoms with Crippen LogP contribution >= 0.6 is 0 Å². The number of benzene rings is 1. The van der Waals surface area contributed by atoms with Crippen molar-refractivity contribution in [1.82, 2.24) is 0 Å². The Balaban J connectivity index is 2.82. The van der Waals surface area contributed by atoms with Crippen molar-refractivity contribution >= 4 is 0 Å². The van der Waals surface area contributed by atoms with Gasteiger partial charge in [-0.15, -0.1) is 0 Å². The molecule has 0 aliphatic rings. The van der Waals surface area contributed by atoms with Crippen molar-refractivity contribution in [1.29, 1.82) is 0 Å². The van der Waals surface area contributed by atoms with Crippen LogP contribution in [0, 0.1) is 5.92 Å². The van der Waals surface area contributed by atoms with Crippen molar-refractivity contribution in [3.8, 4) is 0 Å². The Morgan fingerprint density at radius 1 is 1.25 bits per heavy atom. The van der Waals surface area contributed by atoms with E-state index in [1.807, 2.05) is 13.8 Å². The van der Waals surface area contributed by atoms with Crippen LogP contribution in [0.15, 0.2) is 24.3 Å². The molecular weight excluding hydrogens is 210 g/mol. The summed E-state index contributed by atoms with van der Waals surface area (Å²) in [6.07, 6.45) is -1.26. The fourth-order valence-corrected chi connectivity index (χ4v) is 1.82. The lowest BCUT2D eigenvalue weighted by molar-refractivity contribution is 0.111. The van der Waals surface area contributed by atoms with Crippen LogP contribution in [-0.4, -0.2) is 5.11 Å². The number of aliphatic hydroxyl groups excluding tert-OH is 1. The van der Waals surface area contributed by atoms with Gasteiger partial charge in [0.05, 0.1) is 6.10 Å². The van der Waals surface area contributed by atoms with Gasteiger partial charge in [0.1, 0.15) is 0 Å². The topological polar surface area (TPSA) is 20.2 Å². The Morgan fingerprint density at radius 2 is 1.88 bits per heavy atom. The van der Waals surface area contributed by atoms with E-state index in [1.165, 1.54) is 12.1 Å². The molecule has 0 radical (unpaired) electrons. The molecule has 1 N–H and O–H groups in total. The lowest BCUT2D eigenvalue weighted by atomic mass is 9.93. The number of halogens is 2. The Morgan fingerprint density at radius 3 is 2.44 bits per heavy atom. The third kappa shape index (κ3) is 3.27. The highest BCUT2D eigenvalue weighted by Crippen LogP contribution is 2.28. The molecule has 0 fully saturated rings. The molecule has 0 bridgehead atoms. The molecule has 0 amide bonds. The van der Waals surface area contributed by atoms with Crippen LogP contribution in [0.4, 0.5) is 8.78 Å². The van der Waals surface area contributed by atoms with Gasteiger partial charge in [0.2, 0.25) is 0 Å². The average molecular weight is 228 g/mol. The first-order valence-corrected chi connectivity index (χ1v) is 5.62. The summed E-state index contributed by atoms with van der Waals surface area (Å²) in [7, 11) is 0. The van der Waals surface area contributed by atoms with Crippen LogP contribution in [-0.2, 0) is 0 Å². The van der Waals surface area contributed by atoms with Crippen molar-refractivity contribution < 1.29 is 13.9 Å². The minimum absolute atomic E-state index is 0.0275. The van der Waals surface area contributed by atoms with Crippen molar-refractivity contribution in [3.63, 3.8) is 0 Å². The van der Waals surface area contributed by atoms with E-state index in [4.69, 9.17) is 0 Å². The smallest absolute Gasteiger partial charge is 0.263 e. The maximum atomic E-state index is 12.5. The Kier molecular flexibility index (Phi) is 4.87. The van der Waals surface area contributed by atoms with Gasteiger partial charge in [-0.2, -0.15) is 0 Å². The zero-order chi connectivity index (χ0) is 12.1. The molecule has 1 nitrogen and oxygen atoms in total. The molecule has 0 aliphatic carbocycles. The van der Waals surface area contributed by atoms with Gasteiger partial charge in [-0.25, -0.2) is 8.78 Å². The zero-order valence-electron chi connectivity index (χ0n) is 9.66. The summed E-state index contributed by atoms with van der Waals surface area (Å²) in [6, 6.07) is 6.04. The molecule has 0 saturated carbocycles. The molecule has 0 spiro atoms. The lowest BCUT2D eigenvalue weighted by Gasteiger charge is -2.19. The summed E-state index contributed by atoms with van der Waals surface area (Å²) >= 11 is 0. The fourth-order valence-electron chi connectivity index (χ4n) is 1.82. The summed E-state index contributed by atoms with van der Waals surface area (Å²) in [4.78, 5) is 0. The van der Waals surface area contributed by atoms with Crippen molar-refractivity contribution in [3.05, 3.63) is 35.4 Å². The third-order valence-corrected chi connectivity index (χ3v) is 2.79. The second-order valence-electron chi connectivity index (χ2n) is 4.18. The first-order chi connectivity index (χ1) is 7.56. The van der Waals surface area contributed by atoms with Gasteiger partial charge < -0.3 is 5.11 Å². The summed E-state index contributed by atoms with van der Waals surface area (Å²) in [5.74, 6) is 0.0953. The van der Waals surface area contributed by atoms with E-state index in [1.54, 1.807) is 12.1 Å². The molecule has 1 aromatic carbocycles. The number of alkyl halides is 2. The molecule has 0 aliphatic heterocycles. The number of hydrogen-bond acceptors (Lipinski definition) is 1. The van der Waals surface area contributed by atoms with Crippen LogP contribution in [0.2, 0.25) is 0 Å². The molecule has 0 heterocycles. The normalized spacial score (nSPS) is 15.1. The second kappa shape index (κ2) is 5.94. The maximum absolute atomic E-state index is 12.5. The highest BCUT2D eigenvalue weighted by atomic mass is 19.3. The summed E-state index contributed by atoms with van der Waals surface area (Å²) < 4.78 is 25.0. The summed E-state index contributed by atoms with van der Waals surface area (Å²) in [5.41, 5.74) is 0.555. The van der Waals surface area contributed by atoms with E-state index < -0.39 is 12.5 Å². The van der Waals surface area contributed by atoms with Gasteiger partial charge in [-0.3, -0.25) is 0 Å². The van der Waals surface area contributed by atoms with Crippen LogP contribution in [0.5, 0.6) is 0 Å². The van der Waals surface area contributed by atoms with E-state index in [0.29, 0.717) is 5.56 Å². The summed E-state index contributed by atoms with van der Waals surface area (Å²) in [6.45, 7) is 3.97. The minimum atomic E-state index is -2.48. The molecule has 1 rings (SSSR count). The molecule has 90 valence electrons. The Bertz CT molecular complexity index is 325. The van der Waals surface area contributed by atoms with E-state index in [9.17, 15) is 13.9 Å². The van der Waals surface area contributed by atoms with Gasteiger partial charge in [0.25, 0.3) is 6.43 Å². The van der Waals surface area contributed by atoms with Gasteiger partial charge >= 0.3 is 0 Å². The predicted octanol–water partition coefficient (Wildman–Crippen LogP) is 4.09. The molecular formula is C13H18F2O. The van der Waals surface area contributed by atoms with Gasteiger partial charge in [-0.05, 0) is 24.0 Å². The quantitative estimate of drug-likeness (QED) is 0.804. The zero-order valence-corrected chi connectivity index (χ0v) is 9.66. The standard InChI is InChI=1S/C13H18F2O/c1-3-5-9(2)12(16)10-6-4-7-11(8-10)13(14)15/h4,6-9,12-13,16H,3,5H2,1-2H3. The van der Waals surface area contributed by atoms with Gasteiger partial charge in [0, 0.05) is 5.56 Å². The first kappa shape index (κ1) is 13.1. The molecule has 2 atom stereocenters. The number of aliphatic hydroxyl groups is 1. The average Bonchev–Trinajstić information content (AvgIpc) is 2.28. The fraction of sp³-hybridized carbons (Fsp3) is 0.538. The third-order valence-electron chi connectivity index (χ3n) is 2.79. The molecule has 1 aromatic rings. The van der Waals surface area contributed by atoms with Crippen molar-refractivity contribution in [2.24, 2.45) is 5.92 Å². The molecule has 0 aromatic heterocycles. The Hall–Kier alpha value is -0.960. The maximum Gasteiger partial charge on any atom is 0.263 e. The van der Waals surface area contributed by atoms with Crippen LogP contribution in [0.1, 0.15) is 50.3 Å². The molecule has 2 unspecified atom stereocenters. The summed E-state index contributed by atoms with van der Waals surface area (Å²) in [5, 5.41) is 9.98. The largest absolute Gasteiger partial charge is 0.388 e. The minimum Gasteiger partial charge on any atom is -0.388 e. The van der Waals surface area contributed by atoms with Crippen LogP contribution < -0.4 is 0 Å². The molecule has 0 saturated heterocycles. The van der Waals surface area contributed by atoms with Crippen LogP contribution in [0.25, 0.3) is 0 Å². The van der Waals surface area contributed by atoms with Crippen LogP contribution in [0.3, 0.4) is 0 Å². The van der Waals surface area contributed by atoms with E-state index in [0.717, 1.165) is 12.8 Å². The molecule has 3 heteroatoms. The highest BCUT2D eigenvalue weighted by molar-refractivity contribution is 5.26. The van der Waals surface area contributed by atoms with Gasteiger partial charge in [0.15, 0.2) is 0 Å². The number of rotatable bonds is 5. The van der Waals surface area contributed by atoms with Crippen molar-refractivity contribution in [2.45, 2.75) is 39.2 Å². The van der Waals surface area contributed by atoms with E-state index in [2.05, 4.69) is 0 Å². The van der Waals surface area contributed by atoms with E-state index in [-0.39, 0.29) is 11.5 Å². The van der Waals surface area contributed by atoms with Crippen molar-refractivity contribution in [2.75, 3.05) is 0 Å². The number of hydrogen-bond donors (Lipinski definition) is 1. The highest BCUT2D eigenvalue weighted by Gasteiger charge is 2.17. The predicted molar refractivity (Wildman–Crippen MR) is 60.4 cm³/mol. The van der Waals surface area contributed by atoms with E-state index >= 15 is 0 Å². The monoisotopic (exact) mass is 228 g/mol. The Labute approximate surface area is 95.1 Å². The second-order valence-corrected chi connectivity index (χ2v) is 4.18. The lowest BCUT2D eigenvalue weighted by Crippen LogP contribution is -2.09. The first-order valence-electron chi connectivity index (χ1n) is 5.62.